The molecule has 1 unspecified atom stereocenters. The smallest absolute Gasteiger partial charge is 0.156 e. The monoisotopic (exact) mass is 166 g/mol. The van der Waals surface area contributed by atoms with Gasteiger partial charge in [-0.2, -0.15) is 0 Å². The zero-order chi connectivity index (χ0) is 9.14. The fraction of sp³-hybridized carbons (Fsp3) is 0.500. The largest absolute Gasteiger partial charge is 0.249 e. The molecule has 1 aromatic heterocycles. The van der Waals surface area contributed by atoms with E-state index in [1.165, 1.54) is 7.85 Å². The second kappa shape index (κ2) is 3.65. The quantitative estimate of drug-likeness (QED) is 0.617. The first-order valence-corrected chi connectivity index (χ1v) is 4.07. The van der Waals surface area contributed by atoms with Crippen molar-refractivity contribution in [3.05, 3.63) is 23.8 Å². The van der Waals surface area contributed by atoms with Crippen LogP contribution in [-0.2, 0) is 0 Å². The average molecular weight is 166 g/mol. The van der Waals surface area contributed by atoms with Gasteiger partial charge < -0.3 is 0 Å². The predicted molar refractivity (Wildman–Crippen MR) is 48.5 cm³/mol. The maximum Gasteiger partial charge on any atom is 0.156 e. The topological polar surface area (TPSA) is 25.8 Å². The SMILES string of the molecule is BC(F)c1ncc(C(C)C)cn1. The van der Waals surface area contributed by atoms with Crippen molar-refractivity contribution >= 4 is 7.85 Å². The van der Waals surface area contributed by atoms with Crippen LogP contribution in [0.25, 0.3) is 0 Å². The van der Waals surface area contributed by atoms with Crippen LogP contribution in [0.2, 0.25) is 0 Å². The predicted octanol–water partition coefficient (Wildman–Crippen LogP) is 1.20. The van der Waals surface area contributed by atoms with Crippen LogP contribution in [0.15, 0.2) is 12.4 Å². The molecule has 0 aliphatic heterocycles. The molecule has 0 fully saturated rings. The van der Waals surface area contributed by atoms with Gasteiger partial charge in [-0.25, -0.2) is 14.4 Å². The van der Waals surface area contributed by atoms with Crippen LogP contribution in [-0.4, -0.2) is 17.8 Å². The van der Waals surface area contributed by atoms with Crippen LogP contribution in [0.1, 0.15) is 37.2 Å². The van der Waals surface area contributed by atoms with Crippen molar-refractivity contribution in [3.63, 3.8) is 0 Å². The molecule has 0 radical (unpaired) electrons. The third kappa shape index (κ3) is 2.03. The highest BCUT2D eigenvalue weighted by Gasteiger charge is 2.06. The van der Waals surface area contributed by atoms with E-state index in [-0.39, 0.29) is 5.82 Å². The molecule has 2 nitrogen and oxygen atoms in total. The Morgan fingerprint density at radius 2 is 1.83 bits per heavy atom. The Bertz CT molecular complexity index is 219. The molecule has 0 bridgehead atoms. The molecule has 1 rings (SSSR count). The van der Waals surface area contributed by atoms with Crippen molar-refractivity contribution in [1.29, 1.82) is 0 Å². The lowest BCUT2D eigenvalue weighted by Gasteiger charge is -2.05. The zero-order valence-electron chi connectivity index (χ0n) is 7.58. The number of nitrogens with zero attached hydrogens (tertiary/aromatic N) is 2. The summed E-state index contributed by atoms with van der Waals surface area (Å²) in [5, 5.41) is 0. The maximum absolute atomic E-state index is 12.6. The van der Waals surface area contributed by atoms with E-state index in [9.17, 15) is 4.39 Å². The lowest BCUT2D eigenvalue weighted by atomic mass is 10.0. The minimum Gasteiger partial charge on any atom is -0.249 e. The fourth-order valence-electron chi connectivity index (χ4n) is 0.852. The van der Waals surface area contributed by atoms with Crippen molar-refractivity contribution in [2.75, 3.05) is 0 Å². The minimum atomic E-state index is -1.08. The zero-order valence-corrected chi connectivity index (χ0v) is 7.58. The summed E-state index contributed by atoms with van der Waals surface area (Å²) in [6.45, 7) is 4.11. The Labute approximate surface area is 72.6 Å². The first-order valence-electron chi connectivity index (χ1n) is 4.07. The Balaban J connectivity index is 2.86. The van der Waals surface area contributed by atoms with Gasteiger partial charge in [0.1, 0.15) is 6.07 Å². The number of hydrogen-bond donors (Lipinski definition) is 0. The molecule has 0 spiro atoms. The van der Waals surface area contributed by atoms with Gasteiger partial charge in [-0.1, -0.05) is 13.8 Å². The van der Waals surface area contributed by atoms with Crippen molar-refractivity contribution in [3.8, 4) is 0 Å². The van der Waals surface area contributed by atoms with Gasteiger partial charge in [0.05, 0.1) is 0 Å². The van der Waals surface area contributed by atoms with Crippen LogP contribution >= 0.6 is 0 Å². The molecule has 1 aromatic rings. The van der Waals surface area contributed by atoms with E-state index in [1.54, 1.807) is 12.4 Å². The molecule has 0 saturated heterocycles. The minimum absolute atomic E-state index is 0.263. The lowest BCUT2D eigenvalue weighted by molar-refractivity contribution is 0.439. The second-order valence-electron chi connectivity index (χ2n) is 3.15. The van der Waals surface area contributed by atoms with Gasteiger partial charge in [-0.05, 0) is 11.5 Å². The highest BCUT2D eigenvalue weighted by Crippen LogP contribution is 2.13. The van der Waals surface area contributed by atoms with Gasteiger partial charge in [0.25, 0.3) is 0 Å². The molecular weight excluding hydrogens is 154 g/mol. The molecule has 0 saturated carbocycles. The first kappa shape index (κ1) is 9.17. The van der Waals surface area contributed by atoms with Gasteiger partial charge in [0.15, 0.2) is 13.7 Å². The van der Waals surface area contributed by atoms with E-state index < -0.39 is 6.07 Å². The third-order valence-electron chi connectivity index (χ3n) is 1.71. The summed E-state index contributed by atoms with van der Waals surface area (Å²) in [6, 6.07) is 0. The number of halogens is 1. The van der Waals surface area contributed by atoms with Crippen LogP contribution in [0, 0.1) is 0 Å². The van der Waals surface area contributed by atoms with Gasteiger partial charge >= 0.3 is 0 Å². The molecule has 1 heterocycles. The van der Waals surface area contributed by atoms with Crippen LogP contribution in [0.5, 0.6) is 0 Å². The lowest BCUT2D eigenvalue weighted by Crippen LogP contribution is -2.00. The van der Waals surface area contributed by atoms with Crippen molar-refractivity contribution in [2.24, 2.45) is 0 Å². The normalized spacial score (nSPS) is 13.3. The molecular formula is C8H12BFN2. The summed E-state index contributed by atoms with van der Waals surface area (Å²) >= 11 is 0. The number of rotatable bonds is 2. The summed E-state index contributed by atoms with van der Waals surface area (Å²) in [6.07, 6.45) is 2.29. The number of aromatic nitrogens is 2. The van der Waals surface area contributed by atoms with Crippen LogP contribution in [0.3, 0.4) is 0 Å². The first-order chi connectivity index (χ1) is 5.61. The Hall–Kier alpha value is -0.925. The second-order valence-corrected chi connectivity index (χ2v) is 3.15. The molecule has 0 aromatic carbocycles. The highest BCUT2D eigenvalue weighted by atomic mass is 19.1. The van der Waals surface area contributed by atoms with E-state index >= 15 is 0 Å². The molecule has 4 heteroatoms. The van der Waals surface area contributed by atoms with Gasteiger partial charge in [-0.15, -0.1) is 0 Å². The van der Waals surface area contributed by atoms with E-state index in [4.69, 9.17) is 0 Å². The van der Waals surface area contributed by atoms with Crippen molar-refractivity contribution < 1.29 is 4.39 Å². The standard InChI is InChI=1S/C8H12BFN2/c1-5(2)6-3-11-8(7(9)10)12-4-6/h3-5,7H,9H2,1-2H3. The van der Waals surface area contributed by atoms with E-state index in [0.29, 0.717) is 5.92 Å². The molecule has 1 atom stereocenters. The third-order valence-corrected chi connectivity index (χ3v) is 1.71. The summed E-state index contributed by atoms with van der Waals surface area (Å²) < 4.78 is 12.6. The Morgan fingerprint density at radius 3 is 2.17 bits per heavy atom. The maximum atomic E-state index is 12.6. The Kier molecular flexibility index (Phi) is 2.79. The fourth-order valence-corrected chi connectivity index (χ4v) is 0.852. The van der Waals surface area contributed by atoms with Gasteiger partial charge in [-0.3, -0.25) is 0 Å². The number of alkyl halides is 1. The van der Waals surface area contributed by atoms with Crippen LogP contribution in [0.4, 0.5) is 4.39 Å². The summed E-state index contributed by atoms with van der Waals surface area (Å²) in [5.41, 5.74) is 1.04. The van der Waals surface area contributed by atoms with E-state index in [2.05, 4.69) is 23.8 Å². The van der Waals surface area contributed by atoms with E-state index in [0.717, 1.165) is 5.56 Å². The summed E-state index contributed by atoms with van der Waals surface area (Å²) in [5.74, 6) is 0.661. The molecule has 0 aliphatic carbocycles. The molecule has 0 amide bonds. The van der Waals surface area contributed by atoms with Gasteiger partial charge in [0, 0.05) is 12.4 Å². The Morgan fingerprint density at radius 1 is 1.33 bits per heavy atom. The number of hydrogen-bond acceptors (Lipinski definition) is 2. The van der Waals surface area contributed by atoms with E-state index in [1.807, 2.05) is 0 Å². The molecule has 12 heavy (non-hydrogen) atoms. The summed E-state index contributed by atoms with van der Waals surface area (Å²) in [7, 11) is 1.43. The summed E-state index contributed by atoms with van der Waals surface area (Å²) in [4.78, 5) is 7.83. The average Bonchev–Trinajstić information content (AvgIpc) is 2.04. The van der Waals surface area contributed by atoms with Crippen molar-refractivity contribution in [2.45, 2.75) is 25.8 Å². The molecule has 0 aliphatic rings. The highest BCUT2D eigenvalue weighted by molar-refractivity contribution is 6.10. The van der Waals surface area contributed by atoms with Crippen molar-refractivity contribution in [1.82, 2.24) is 9.97 Å². The van der Waals surface area contributed by atoms with Crippen LogP contribution < -0.4 is 0 Å². The molecule has 0 N–H and O–H groups in total. The van der Waals surface area contributed by atoms with Gasteiger partial charge in [0.2, 0.25) is 0 Å². The molecule has 64 valence electrons.